The van der Waals surface area contributed by atoms with E-state index in [0.29, 0.717) is 5.56 Å². The Labute approximate surface area is 124 Å². The first-order valence-electron chi connectivity index (χ1n) is 5.36. The normalized spacial score (nSPS) is 10.6. The number of hydrogen-bond acceptors (Lipinski definition) is 1. The van der Waals surface area contributed by atoms with Crippen LogP contribution in [0.15, 0.2) is 30.3 Å². The summed E-state index contributed by atoms with van der Waals surface area (Å²) in [5.41, 5.74) is 0.776. The SMILES string of the molecule is Cc1cc(C(=O)c2cccc(Cl)c2Cl)c(Cl)cc1F. The van der Waals surface area contributed by atoms with Gasteiger partial charge in [0.2, 0.25) is 0 Å². The smallest absolute Gasteiger partial charge is 0.196 e. The summed E-state index contributed by atoms with van der Waals surface area (Å²) in [4.78, 5) is 12.4. The van der Waals surface area contributed by atoms with Crippen molar-refractivity contribution in [2.75, 3.05) is 0 Å². The number of ketones is 1. The second kappa shape index (κ2) is 5.49. The van der Waals surface area contributed by atoms with Crippen molar-refractivity contribution < 1.29 is 9.18 Å². The van der Waals surface area contributed by atoms with E-state index in [9.17, 15) is 9.18 Å². The van der Waals surface area contributed by atoms with Crippen LogP contribution in [0.3, 0.4) is 0 Å². The van der Waals surface area contributed by atoms with E-state index in [1.54, 1.807) is 25.1 Å². The van der Waals surface area contributed by atoms with E-state index in [0.717, 1.165) is 6.07 Å². The second-order valence-electron chi connectivity index (χ2n) is 4.01. The number of aryl methyl sites for hydroxylation is 1. The van der Waals surface area contributed by atoms with Gasteiger partial charge in [0.25, 0.3) is 0 Å². The fourth-order valence-electron chi connectivity index (χ4n) is 1.66. The Kier molecular flexibility index (Phi) is 4.14. The summed E-state index contributed by atoms with van der Waals surface area (Å²) in [6.45, 7) is 1.56. The van der Waals surface area contributed by atoms with E-state index in [1.807, 2.05) is 0 Å². The molecule has 19 heavy (non-hydrogen) atoms. The van der Waals surface area contributed by atoms with Crippen molar-refractivity contribution >= 4 is 40.6 Å². The topological polar surface area (TPSA) is 17.1 Å². The molecule has 0 bridgehead atoms. The van der Waals surface area contributed by atoms with Crippen LogP contribution in [0.4, 0.5) is 4.39 Å². The molecule has 0 aliphatic heterocycles. The highest BCUT2D eigenvalue weighted by Gasteiger charge is 2.18. The lowest BCUT2D eigenvalue weighted by Gasteiger charge is -2.08. The molecule has 0 fully saturated rings. The molecule has 0 aliphatic rings. The standard InChI is InChI=1S/C14H8Cl3FO/c1-7-5-9(11(16)6-12(7)18)14(19)8-3-2-4-10(15)13(8)17/h2-6H,1H3. The molecule has 0 saturated heterocycles. The van der Waals surface area contributed by atoms with Crippen molar-refractivity contribution in [3.05, 3.63) is 67.9 Å². The summed E-state index contributed by atoms with van der Waals surface area (Å²) in [6, 6.07) is 7.26. The number of benzene rings is 2. The predicted octanol–water partition coefficient (Wildman–Crippen LogP) is 5.33. The third-order valence-electron chi connectivity index (χ3n) is 2.69. The molecule has 0 saturated carbocycles. The zero-order valence-electron chi connectivity index (χ0n) is 9.81. The maximum Gasteiger partial charge on any atom is 0.196 e. The Balaban J connectivity index is 2.56. The van der Waals surface area contributed by atoms with E-state index < -0.39 is 5.82 Å². The summed E-state index contributed by atoms with van der Waals surface area (Å²) in [6.07, 6.45) is 0. The third-order valence-corrected chi connectivity index (χ3v) is 3.82. The van der Waals surface area contributed by atoms with Crippen LogP contribution in [0, 0.1) is 12.7 Å². The van der Waals surface area contributed by atoms with Crippen molar-refractivity contribution in [1.82, 2.24) is 0 Å². The molecule has 0 atom stereocenters. The molecule has 0 heterocycles. The molecule has 2 rings (SSSR count). The summed E-state index contributed by atoms with van der Waals surface area (Å²) in [5, 5.41) is 0.485. The largest absolute Gasteiger partial charge is 0.288 e. The molecule has 5 heteroatoms. The van der Waals surface area contributed by atoms with Crippen LogP contribution in [0.1, 0.15) is 21.5 Å². The molecule has 0 aromatic heterocycles. The van der Waals surface area contributed by atoms with Gasteiger partial charge in [-0.15, -0.1) is 0 Å². The minimum Gasteiger partial charge on any atom is -0.288 e. The van der Waals surface area contributed by atoms with Crippen LogP contribution in [0.2, 0.25) is 15.1 Å². The van der Waals surface area contributed by atoms with Gasteiger partial charge in [-0.2, -0.15) is 0 Å². The van der Waals surface area contributed by atoms with Crippen molar-refractivity contribution in [3.63, 3.8) is 0 Å². The molecule has 0 radical (unpaired) electrons. The minimum atomic E-state index is -0.459. The fraction of sp³-hybridized carbons (Fsp3) is 0.0714. The summed E-state index contributed by atoms with van der Waals surface area (Å²) >= 11 is 17.8. The maximum absolute atomic E-state index is 13.3. The Morgan fingerprint density at radius 2 is 1.74 bits per heavy atom. The molecule has 1 nitrogen and oxygen atoms in total. The molecule has 0 aliphatic carbocycles. The van der Waals surface area contributed by atoms with E-state index in [1.165, 1.54) is 6.07 Å². The molecule has 98 valence electrons. The average Bonchev–Trinajstić information content (AvgIpc) is 2.36. The van der Waals surface area contributed by atoms with E-state index in [2.05, 4.69) is 0 Å². The molecule has 2 aromatic carbocycles. The van der Waals surface area contributed by atoms with Crippen LogP contribution >= 0.6 is 34.8 Å². The lowest BCUT2D eigenvalue weighted by atomic mass is 10.0. The van der Waals surface area contributed by atoms with Gasteiger partial charge in [-0.05, 0) is 36.8 Å². The van der Waals surface area contributed by atoms with Gasteiger partial charge >= 0.3 is 0 Å². The van der Waals surface area contributed by atoms with Crippen LogP contribution in [0.25, 0.3) is 0 Å². The zero-order valence-corrected chi connectivity index (χ0v) is 12.1. The Hall–Kier alpha value is -1.09. The number of halogens is 4. The number of carbonyl (C=O) groups is 1. The Morgan fingerprint density at radius 3 is 2.42 bits per heavy atom. The number of carbonyl (C=O) groups excluding carboxylic acids is 1. The van der Waals surface area contributed by atoms with Gasteiger partial charge in [-0.25, -0.2) is 4.39 Å². The Morgan fingerprint density at radius 1 is 1.05 bits per heavy atom. The minimum absolute atomic E-state index is 0.0455. The van der Waals surface area contributed by atoms with Crippen molar-refractivity contribution in [3.8, 4) is 0 Å². The van der Waals surface area contributed by atoms with E-state index in [4.69, 9.17) is 34.8 Å². The predicted molar refractivity (Wildman–Crippen MR) is 76.0 cm³/mol. The van der Waals surface area contributed by atoms with Crippen molar-refractivity contribution in [2.45, 2.75) is 6.92 Å². The van der Waals surface area contributed by atoms with Gasteiger partial charge in [0.15, 0.2) is 5.78 Å². The summed E-state index contributed by atoms with van der Waals surface area (Å²) in [5.74, 6) is -0.848. The quantitative estimate of drug-likeness (QED) is 0.685. The first kappa shape index (κ1) is 14.3. The van der Waals surface area contributed by atoms with Crippen LogP contribution < -0.4 is 0 Å². The number of rotatable bonds is 2. The van der Waals surface area contributed by atoms with Gasteiger partial charge < -0.3 is 0 Å². The number of hydrogen-bond donors (Lipinski definition) is 0. The van der Waals surface area contributed by atoms with Crippen LogP contribution in [-0.4, -0.2) is 5.78 Å². The van der Waals surface area contributed by atoms with Gasteiger partial charge in [-0.1, -0.05) is 40.9 Å². The summed E-state index contributed by atoms with van der Waals surface area (Å²) in [7, 11) is 0. The molecular weight excluding hydrogens is 310 g/mol. The highest BCUT2D eigenvalue weighted by Crippen LogP contribution is 2.30. The molecule has 0 amide bonds. The van der Waals surface area contributed by atoms with Gasteiger partial charge in [0.1, 0.15) is 5.82 Å². The molecule has 0 spiro atoms. The molecule has 0 N–H and O–H groups in total. The Bertz CT molecular complexity index is 668. The zero-order chi connectivity index (χ0) is 14.2. The molecule has 2 aromatic rings. The third kappa shape index (κ3) is 2.76. The van der Waals surface area contributed by atoms with Crippen LogP contribution in [-0.2, 0) is 0 Å². The first-order valence-corrected chi connectivity index (χ1v) is 6.49. The lowest BCUT2D eigenvalue weighted by molar-refractivity contribution is 0.103. The maximum atomic E-state index is 13.3. The van der Waals surface area contributed by atoms with Gasteiger partial charge in [0, 0.05) is 11.1 Å². The average molecular weight is 318 g/mol. The first-order chi connectivity index (χ1) is 8.91. The van der Waals surface area contributed by atoms with Crippen LogP contribution in [0.5, 0.6) is 0 Å². The highest BCUT2D eigenvalue weighted by atomic mass is 35.5. The van der Waals surface area contributed by atoms with E-state index in [-0.39, 0.29) is 32.0 Å². The highest BCUT2D eigenvalue weighted by molar-refractivity contribution is 6.45. The van der Waals surface area contributed by atoms with Gasteiger partial charge in [0.05, 0.1) is 15.1 Å². The monoisotopic (exact) mass is 316 g/mol. The molecule has 0 unspecified atom stereocenters. The fourth-order valence-corrected chi connectivity index (χ4v) is 2.28. The molecular formula is C14H8Cl3FO. The second-order valence-corrected chi connectivity index (χ2v) is 5.20. The van der Waals surface area contributed by atoms with E-state index >= 15 is 0 Å². The van der Waals surface area contributed by atoms with Crippen molar-refractivity contribution in [1.29, 1.82) is 0 Å². The summed E-state index contributed by atoms with van der Waals surface area (Å²) < 4.78 is 13.3. The van der Waals surface area contributed by atoms with Crippen molar-refractivity contribution in [2.24, 2.45) is 0 Å². The lowest BCUT2D eigenvalue weighted by Crippen LogP contribution is -2.04. The van der Waals surface area contributed by atoms with Gasteiger partial charge in [-0.3, -0.25) is 4.79 Å².